The smallest absolute Gasteiger partial charge is 0.430 e. The second-order valence-electron chi connectivity index (χ2n) is 2.41. The highest BCUT2D eigenvalue weighted by molar-refractivity contribution is 7.48. The van der Waals surface area contributed by atoms with Crippen LogP contribution < -0.4 is 0 Å². The molecule has 0 aliphatic carbocycles. The molecule has 1 atom stereocenters. The van der Waals surface area contributed by atoms with Gasteiger partial charge >= 0.3 is 14.0 Å². The molecular formula is C6H11O7P. The lowest BCUT2D eigenvalue weighted by molar-refractivity contribution is 0.0767. The second kappa shape index (κ2) is 4.75. The summed E-state index contributed by atoms with van der Waals surface area (Å²) in [5.41, 5.74) is 0. The minimum Gasteiger partial charge on any atom is -0.430 e. The van der Waals surface area contributed by atoms with Gasteiger partial charge in [0.15, 0.2) is 6.10 Å². The highest BCUT2D eigenvalue weighted by Gasteiger charge is 2.30. The van der Waals surface area contributed by atoms with Crippen LogP contribution in [0.1, 0.15) is 0 Å². The monoisotopic (exact) mass is 226 g/mol. The second-order valence-corrected chi connectivity index (χ2v) is 4.29. The highest BCUT2D eigenvalue weighted by Crippen LogP contribution is 2.47. The maximum absolute atomic E-state index is 11.3. The van der Waals surface area contributed by atoms with Crippen molar-refractivity contribution in [2.45, 2.75) is 6.10 Å². The Balaban J connectivity index is 2.32. The third-order valence-electron chi connectivity index (χ3n) is 1.52. The van der Waals surface area contributed by atoms with Gasteiger partial charge in [-0.1, -0.05) is 0 Å². The van der Waals surface area contributed by atoms with Gasteiger partial charge in [-0.2, -0.15) is 0 Å². The number of rotatable bonds is 5. The molecule has 1 aliphatic heterocycles. The fourth-order valence-electron chi connectivity index (χ4n) is 0.802. The van der Waals surface area contributed by atoms with Crippen LogP contribution in [0.25, 0.3) is 0 Å². The quantitative estimate of drug-likeness (QED) is 0.509. The van der Waals surface area contributed by atoms with E-state index >= 15 is 0 Å². The van der Waals surface area contributed by atoms with Gasteiger partial charge in [0.2, 0.25) is 0 Å². The van der Waals surface area contributed by atoms with Crippen molar-refractivity contribution >= 4 is 14.0 Å². The van der Waals surface area contributed by atoms with E-state index in [1.807, 2.05) is 0 Å². The molecule has 0 aromatic carbocycles. The average Bonchev–Trinajstić information content (AvgIpc) is 2.61. The van der Waals surface area contributed by atoms with E-state index in [0.717, 1.165) is 0 Å². The van der Waals surface area contributed by atoms with Gasteiger partial charge in [-0.05, 0) is 0 Å². The Morgan fingerprint density at radius 1 is 1.50 bits per heavy atom. The van der Waals surface area contributed by atoms with E-state index in [2.05, 4.69) is 18.5 Å². The lowest BCUT2D eigenvalue weighted by Gasteiger charge is -2.14. The topological polar surface area (TPSA) is 80.3 Å². The number of hydrogen-bond donors (Lipinski definition) is 0. The van der Waals surface area contributed by atoms with E-state index in [0.29, 0.717) is 0 Å². The Hall–Kier alpha value is -0.620. The van der Waals surface area contributed by atoms with Gasteiger partial charge in [0.05, 0.1) is 6.61 Å². The molecule has 7 nitrogen and oxygen atoms in total. The molecule has 1 saturated heterocycles. The zero-order chi connectivity index (χ0) is 10.6. The molecule has 0 N–H and O–H groups in total. The summed E-state index contributed by atoms with van der Waals surface area (Å²) in [6, 6.07) is 0. The van der Waals surface area contributed by atoms with Gasteiger partial charge in [-0.3, -0.25) is 13.6 Å². The summed E-state index contributed by atoms with van der Waals surface area (Å²) in [6.07, 6.45) is -1.33. The minimum atomic E-state index is -3.50. The Kier molecular flexibility index (Phi) is 3.88. The van der Waals surface area contributed by atoms with Gasteiger partial charge in [0.25, 0.3) is 0 Å². The van der Waals surface area contributed by atoms with Crippen molar-refractivity contribution in [2.24, 2.45) is 0 Å². The van der Waals surface area contributed by atoms with E-state index in [1.54, 1.807) is 0 Å². The number of carbonyl (C=O) groups excluding carboxylic acids is 1. The molecule has 1 fully saturated rings. The van der Waals surface area contributed by atoms with Crippen LogP contribution in [0.2, 0.25) is 0 Å². The number of hydrogen-bond acceptors (Lipinski definition) is 7. The molecule has 0 aromatic rings. The van der Waals surface area contributed by atoms with E-state index in [1.165, 1.54) is 14.2 Å². The van der Waals surface area contributed by atoms with Crippen molar-refractivity contribution in [3.63, 3.8) is 0 Å². The summed E-state index contributed by atoms with van der Waals surface area (Å²) < 4.78 is 34.3. The van der Waals surface area contributed by atoms with Gasteiger partial charge in [-0.25, -0.2) is 9.36 Å². The molecule has 1 heterocycles. The van der Waals surface area contributed by atoms with E-state index in [9.17, 15) is 9.36 Å². The Morgan fingerprint density at radius 3 is 2.57 bits per heavy atom. The van der Waals surface area contributed by atoms with Crippen molar-refractivity contribution in [1.82, 2.24) is 0 Å². The summed E-state index contributed by atoms with van der Waals surface area (Å²) in [5, 5.41) is 0. The summed E-state index contributed by atoms with van der Waals surface area (Å²) in [7, 11) is -1.11. The van der Waals surface area contributed by atoms with Gasteiger partial charge in [-0.15, -0.1) is 0 Å². The van der Waals surface area contributed by atoms with Gasteiger partial charge in [0, 0.05) is 14.2 Å². The van der Waals surface area contributed by atoms with Crippen LogP contribution in [0.5, 0.6) is 0 Å². The average molecular weight is 226 g/mol. The standard InChI is InChI=1S/C6H11O7P/c1-9-14(8,10-2)12-4-5-3-11-6(7)13-5/h5H,3-4H2,1-2H3. The number of ether oxygens (including phenoxy) is 2. The van der Waals surface area contributed by atoms with Crippen molar-refractivity contribution in [2.75, 3.05) is 27.4 Å². The molecule has 0 spiro atoms. The fraction of sp³-hybridized carbons (Fsp3) is 0.833. The number of phosphoric ester groups is 1. The molecule has 82 valence electrons. The van der Waals surface area contributed by atoms with Crippen molar-refractivity contribution in [1.29, 1.82) is 0 Å². The maximum Gasteiger partial charge on any atom is 0.508 e. The van der Waals surface area contributed by atoms with Crippen LogP contribution in [0.15, 0.2) is 0 Å². The minimum absolute atomic E-state index is 0.0757. The third kappa shape index (κ3) is 2.95. The van der Waals surface area contributed by atoms with Crippen molar-refractivity contribution < 1.29 is 32.4 Å². The van der Waals surface area contributed by atoms with Gasteiger partial charge < -0.3 is 9.47 Å². The van der Waals surface area contributed by atoms with Gasteiger partial charge in [0.1, 0.15) is 6.61 Å². The molecule has 1 rings (SSSR count). The molecule has 14 heavy (non-hydrogen) atoms. The zero-order valence-electron chi connectivity index (χ0n) is 7.80. The Bertz CT molecular complexity index is 245. The number of phosphoric acid groups is 1. The first-order valence-electron chi connectivity index (χ1n) is 3.79. The van der Waals surface area contributed by atoms with Crippen molar-refractivity contribution in [3.8, 4) is 0 Å². The molecule has 0 bridgehead atoms. The summed E-state index contributed by atoms with van der Waals surface area (Å²) >= 11 is 0. The van der Waals surface area contributed by atoms with Crippen LogP contribution in [-0.2, 0) is 27.6 Å². The molecule has 8 heteroatoms. The maximum atomic E-state index is 11.3. The number of carbonyl (C=O) groups is 1. The Labute approximate surface area is 80.8 Å². The summed E-state index contributed by atoms with van der Waals surface area (Å²) in [6.45, 7) is -0.0169. The molecule has 0 aromatic heterocycles. The van der Waals surface area contributed by atoms with Crippen LogP contribution in [0, 0.1) is 0 Å². The highest BCUT2D eigenvalue weighted by atomic mass is 31.2. The predicted molar refractivity (Wildman–Crippen MR) is 43.8 cm³/mol. The van der Waals surface area contributed by atoms with Crippen LogP contribution in [0.3, 0.4) is 0 Å². The molecule has 1 aliphatic rings. The van der Waals surface area contributed by atoms with Crippen LogP contribution in [0.4, 0.5) is 4.79 Å². The number of cyclic esters (lactones) is 2. The Morgan fingerprint density at radius 2 is 2.14 bits per heavy atom. The first kappa shape index (κ1) is 11.5. The SMILES string of the molecule is COP(=O)(OC)OCC1COC(=O)O1. The largest absolute Gasteiger partial charge is 0.508 e. The van der Waals surface area contributed by atoms with E-state index in [-0.39, 0.29) is 13.2 Å². The summed E-state index contributed by atoms with van der Waals surface area (Å²) in [4.78, 5) is 10.5. The molecule has 0 radical (unpaired) electrons. The normalized spacial score (nSPS) is 21.9. The van der Waals surface area contributed by atoms with E-state index < -0.39 is 20.1 Å². The fourth-order valence-corrected chi connectivity index (χ4v) is 1.51. The molecular weight excluding hydrogens is 215 g/mol. The first-order valence-corrected chi connectivity index (χ1v) is 5.25. The lowest BCUT2D eigenvalue weighted by Crippen LogP contribution is -2.17. The lowest BCUT2D eigenvalue weighted by atomic mass is 10.4. The van der Waals surface area contributed by atoms with Crippen LogP contribution >= 0.6 is 7.82 Å². The first-order chi connectivity index (χ1) is 6.59. The third-order valence-corrected chi connectivity index (χ3v) is 2.88. The summed E-state index contributed by atoms with van der Waals surface area (Å²) in [5.74, 6) is 0. The zero-order valence-corrected chi connectivity index (χ0v) is 8.69. The van der Waals surface area contributed by atoms with Crippen molar-refractivity contribution in [3.05, 3.63) is 0 Å². The molecule has 1 unspecified atom stereocenters. The van der Waals surface area contributed by atoms with E-state index in [4.69, 9.17) is 4.52 Å². The molecule has 0 amide bonds. The van der Waals surface area contributed by atoms with Crippen LogP contribution in [-0.4, -0.2) is 39.7 Å². The predicted octanol–water partition coefficient (Wildman–Crippen LogP) is 0.939. The molecule has 0 saturated carbocycles.